The first-order chi connectivity index (χ1) is 18.8. The lowest BCUT2D eigenvalue weighted by Crippen LogP contribution is -2.20. The molecule has 0 unspecified atom stereocenters. The number of nitrogens with zero attached hydrogens (tertiary/aromatic N) is 4. The first kappa shape index (κ1) is 25.8. The Kier molecular flexibility index (Phi) is 7.18. The molecule has 5 rings (SSSR count). The average molecular weight is 559 g/mol. The van der Waals surface area contributed by atoms with E-state index in [1.54, 1.807) is 48.5 Å². The second-order valence-electron chi connectivity index (χ2n) is 8.17. The second-order valence-corrected chi connectivity index (χ2v) is 9.02. The van der Waals surface area contributed by atoms with Crippen molar-refractivity contribution in [3.05, 3.63) is 133 Å². The van der Waals surface area contributed by atoms with Crippen LogP contribution in [0.5, 0.6) is 5.75 Å². The van der Waals surface area contributed by atoms with Crippen molar-refractivity contribution in [2.24, 2.45) is 5.10 Å². The van der Waals surface area contributed by atoms with E-state index in [9.17, 15) is 19.7 Å². The Labute approximate surface area is 230 Å². The standard InChI is InChI=1S/C28H16Cl2N4O5/c29-19-10-12-21(23(30)15-19)28(36)39-25-13-11-20(34(37)38)14-18(25)16-31-33-26(17-6-2-1-3-7-17)32-24-9-5-4-8-22(24)27(33)35/h1-16H. The van der Waals surface area contributed by atoms with E-state index in [2.05, 4.69) is 10.1 Å². The fourth-order valence-electron chi connectivity index (χ4n) is 3.78. The molecule has 0 saturated carbocycles. The molecule has 0 N–H and O–H groups in total. The van der Waals surface area contributed by atoms with Crippen molar-refractivity contribution < 1.29 is 14.5 Å². The zero-order valence-electron chi connectivity index (χ0n) is 19.8. The van der Waals surface area contributed by atoms with Crippen LogP contribution in [0.1, 0.15) is 15.9 Å². The summed E-state index contributed by atoms with van der Waals surface area (Å²) in [4.78, 5) is 41.7. The van der Waals surface area contributed by atoms with Crippen molar-refractivity contribution in [3.63, 3.8) is 0 Å². The predicted molar refractivity (Wildman–Crippen MR) is 149 cm³/mol. The molecule has 0 spiro atoms. The number of nitro benzene ring substituents is 1. The number of aromatic nitrogens is 2. The molecule has 5 aromatic rings. The molecule has 0 aliphatic rings. The molecule has 0 aliphatic carbocycles. The number of non-ortho nitro benzene ring substituents is 1. The van der Waals surface area contributed by atoms with Gasteiger partial charge in [-0.25, -0.2) is 9.78 Å². The summed E-state index contributed by atoms with van der Waals surface area (Å²) < 4.78 is 6.60. The van der Waals surface area contributed by atoms with Crippen LogP contribution in [0.2, 0.25) is 10.0 Å². The molecule has 4 aromatic carbocycles. The van der Waals surface area contributed by atoms with E-state index in [0.717, 1.165) is 4.68 Å². The fraction of sp³-hybridized carbons (Fsp3) is 0. The number of halogens is 2. The van der Waals surface area contributed by atoms with Gasteiger partial charge in [0.15, 0.2) is 5.82 Å². The topological polar surface area (TPSA) is 117 Å². The van der Waals surface area contributed by atoms with Gasteiger partial charge in [-0.05, 0) is 36.4 Å². The van der Waals surface area contributed by atoms with Gasteiger partial charge in [-0.3, -0.25) is 14.9 Å². The molecule has 0 radical (unpaired) electrons. The van der Waals surface area contributed by atoms with Gasteiger partial charge in [0.1, 0.15) is 5.75 Å². The van der Waals surface area contributed by atoms with E-state index in [1.165, 1.54) is 42.6 Å². The summed E-state index contributed by atoms with van der Waals surface area (Å²) in [6.45, 7) is 0. The number of carbonyl (C=O) groups excluding carboxylic acids is 1. The van der Waals surface area contributed by atoms with Crippen molar-refractivity contribution >= 4 is 52.0 Å². The van der Waals surface area contributed by atoms with Crippen molar-refractivity contribution in [2.45, 2.75) is 0 Å². The minimum absolute atomic E-state index is 0.0385. The molecule has 1 heterocycles. The van der Waals surface area contributed by atoms with Crippen molar-refractivity contribution in [3.8, 4) is 17.1 Å². The number of ether oxygens (including phenoxy) is 1. The molecular weight excluding hydrogens is 543 g/mol. The summed E-state index contributed by atoms with van der Waals surface area (Å²) in [5, 5.41) is 16.5. The van der Waals surface area contributed by atoms with Gasteiger partial charge in [-0.15, -0.1) is 0 Å². The molecular formula is C28H16Cl2N4O5. The molecule has 1 aromatic heterocycles. The lowest BCUT2D eigenvalue weighted by molar-refractivity contribution is -0.384. The van der Waals surface area contributed by atoms with Crippen LogP contribution in [0.15, 0.2) is 101 Å². The first-order valence-electron chi connectivity index (χ1n) is 11.4. The lowest BCUT2D eigenvalue weighted by atomic mass is 10.2. The zero-order valence-corrected chi connectivity index (χ0v) is 21.3. The highest BCUT2D eigenvalue weighted by Gasteiger charge is 2.18. The summed E-state index contributed by atoms with van der Waals surface area (Å²) in [5.41, 5.74) is 0.504. The Morgan fingerprint density at radius 1 is 0.974 bits per heavy atom. The summed E-state index contributed by atoms with van der Waals surface area (Å²) >= 11 is 12.0. The van der Waals surface area contributed by atoms with Crippen LogP contribution >= 0.6 is 23.2 Å². The van der Waals surface area contributed by atoms with E-state index in [1.807, 2.05) is 6.07 Å². The minimum Gasteiger partial charge on any atom is -0.422 e. The molecule has 0 atom stereocenters. The van der Waals surface area contributed by atoms with Crippen molar-refractivity contribution in [2.75, 3.05) is 0 Å². The Balaban J connectivity index is 1.62. The van der Waals surface area contributed by atoms with Gasteiger partial charge in [0.05, 0.1) is 32.6 Å². The van der Waals surface area contributed by atoms with Crippen LogP contribution in [0.4, 0.5) is 5.69 Å². The quantitative estimate of drug-likeness (QED) is 0.0784. The summed E-state index contributed by atoms with van der Waals surface area (Å²) in [7, 11) is 0. The number of nitro groups is 1. The second kappa shape index (κ2) is 10.9. The molecule has 0 aliphatic heterocycles. The number of fused-ring (bicyclic) bond motifs is 1. The average Bonchev–Trinajstić information content (AvgIpc) is 2.93. The third-order valence-electron chi connectivity index (χ3n) is 5.66. The van der Waals surface area contributed by atoms with Crippen LogP contribution in [0.25, 0.3) is 22.3 Å². The highest BCUT2D eigenvalue weighted by Crippen LogP contribution is 2.27. The number of hydrogen-bond acceptors (Lipinski definition) is 7. The van der Waals surface area contributed by atoms with Gasteiger partial charge >= 0.3 is 5.97 Å². The highest BCUT2D eigenvalue weighted by molar-refractivity contribution is 6.36. The third kappa shape index (κ3) is 5.40. The van der Waals surface area contributed by atoms with Crippen LogP contribution in [-0.4, -0.2) is 26.8 Å². The molecule has 0 bridgehead atoms. The highest BCUT2D eigenvalue weighted by atomic mass is 35.5. The maximum absolute atomic E-state index is 13.4. The lowest BCUT2D eigenvalue weighted by Gasteiger charge is -2.11. The van der Waals surface area contributed by atoms with E-state index >= 15 is 0 Å². The number of hydrogen-bond donors (Lipinski definition) is 0. The zero-order chi connectivity index (χ0) is 27.5. The van der Waals surface area contributed by atoms with Crippen molar-refractivity contribution in [1.29, 1.82) is 0 Å². The van der Waals surface area contributed by atoms with E-state index < -0.39 is 16.5 Å². The summed E-state index contributed by atoms with van der Waals surface area (Å²) in [5.74, 6) is -0.592. The largest absolute Gasteiger partial charge is 0.422 e. The Morgan fingerprint density at radius 2 is 1.72 bits per heavy atom. The number of para-hydroxylation sites is 1. The Bertz CT molecular complexity index is 1840. The summed E-state index contributed by atoms with van der Waals surface area (Å²) in [6.07, 6.45) is 1.20. The molecule has 39 heavy (non-hydrogen) atoms. The normalized spacial score (nSPS) is 11.1. The minimum atomic E-state index is -0.810. The monoisotopic (exact) mass is 558 g/mol. The molecule has 0 saturated heterocycles. The summed E-state index contributed by atoms with van der Waals surface area (Å²) in [6, 6.07) is 23.7. The number of carbonyl (C=O) groups is 1. The van der Waals surface area contributed by atoms with Crippen LogP contribution in [0.3, 0.4) is 0 Å². The van der Waals surface area contributed by atoms with Gasteiger partial charge in [-0.2, -0.15) is 9.78 Å². The van der Waals surface area contributed by atoms with Gasteiger partial charge in [-0.1, -0.05) is 65.7 Å². The molecule has 0 amide bonds. The first-order valence-corrected chi connectivity index (χ1v) is 12.1. The Morgan fingerprint density at radius 3 is 2.46 bits per heavy atom. The van der Waals surface area contributed by atoms with Crippen LogP contribution in [-0.2, 0) is 0 Å². The number of rotatable bonds is 6. The predicted octanol–water partition coefficient (Wildman–Crippen LogP) is 6.38. The fourth-order valence-corrected chi connectivity index (χ4v) is 4.26. The molecule has 11 heteroatoms. The van der Waals surface area contributed by atoms with Gasteiger partial charge < -0.3 is 4.74 Å². The molecule has 0 fully saturated rings. The van der Waals surface area contributed by atoms with Crippen LogP contribution < -0.4 is 10.3 Å². The Hall–Kier alpha value is -4.86. The maximum Gasteiger partial charge on any atom is 0.345 e. The smallest absolute Gasteiger partial charge is 0.345 e. The van der Waals surface area contributed by atoms with E-state index in [4.69, 9.17) is 27.9 Å². The van der Waals surface area contributed by atoms with Crippen LogP contribution in [0, 0.1) is 10.1 Å². The molecule has 9 nitrogen and oxygen atoms in total. The van der Waals surface area contributed by atoms with E-state index in [0.29, 0.717) is 21.5 Å². The SMILES string of the molecule is O=C(Oc1ccc([N+](=O)[O-])cc1C=Nn1c(-c2ccccc2)nc2ccccc2c1=O)c1ccc(Cl)cc1Cl. The van der Waals surface area contributed by atoms with Gasteiger partial charge in [0, 0.05) is 28.3 Å². The maximum atomic E-state index is 13.4. The van der Waals surface area contributed by atoms with Gasteiger partial charge in [0.25, 0.3) is 11.2 Å². The third-order valence-corrected chi connectivity index (χ3v) is 6.20. The number of esters is 1. The van der Waals surface area contributed by atoms with E-state index in [-0.39, 0.29) is 33.4 Å². The van der Waals surface area contributed by atoms with Crippen molar-refractivity contribution in [1.82, 2.24) is 9.66 Å². The number of benzene rings is 4. The molecule has 192 valence electrons. The van der Waals surface area contributed by atoms with Gasteiger partial charge in [0.2, 0.25) is 0 Å².